The molecule has 0 heterocycles. The Hall–Kier alpha value is -2.98. The number of halogens is 1. The molecule has 0 radical (unpaired) electrons. The Morgan fingerprint density at radius 3 is 2.26 bits per heavy atom. The van der Waals surface area contributed by atoms with Crippen molar-refractivity contribution in [2.75, 3.05) is 31.5 Å². The monoisotopic (exact) mass is 492 g/mol. The fourth-order valence-corrected chi connectivity index (χ4v) is 4.37. The second-order valence-electron chi connectivity index (χ2n) is 8.16. The average molecular weight is 493 g/mol. The van der Waals surface area contributed by atoms with E-state index in [9.17, 15) is 22.4 Å². The molecule has 2 aromatic carbocycles. The minimum Gasteiger partial charge on any atom is -0.354 e. The summed E-state index contributed by atoms with van der Waals surface area (Å²) in [6.07, 6.45) is 0.729. The summed E-state index contributed by atoms with van der Waals surface area (Å²) in [6.45, 7) is 5.28. The molecule has 0 aliphatic rings. The van der Waals surface area contributed by atoms with Crippen LogP contribution in [0.2, 0.25) is 0 Å². The van der Waals surface area contributed by atoms with Gasteiger partial charge in [0.25, 0.3) is 0 Å². The molecule has 2 amide bonds. The molecule has 0 aliphatic heterocycles. The van der Waals surface area contributed by atoms with Gasteiger partial charge in [0, 0.05) is 27.2 Å². The number of anilines is 1. The van der Waals surface area contributed by atoms with Crippen LogP contribution in [0.4, 0.5) is 10.1 Å². The highest BCUT2D eigenvalue weighted by molar-refractivity contribution is 7.90. The smallest absolute Gasteiger partial charge is 0.304 e. The molecule has 0 bridgehead atoms. The molecule has 0 saturated heterocycles. The Bertz CT molecular complexity index is 1110. The van der Waals surface area contributed by atoms with Crippen molar-refractivity contribution in [2.24, 2.45) is 0 Å². The van der Waals surface area contributed by atoms with Gasteiger partial charge in [-0.2, -0.15) is 12.7 Å². The minimum absolute atomic E-state index is 0.0966. The molecule has 0 fully saturated rings. The van der Waals surface area contributed by atoms with E-state index in [0.29, 0.717) is 6.54 Å². The number of nitrogens with zero attached hydrogens (tertiary/aromatic N) is 3. The van der Waals surface area contributed by atoms with Crippen molar-refractivity contribution in [3.05, 3.63) is 65.5 Å². The molecule has 0 aliphatic carbocycles. The number of carbonyl (C=O) groups excluding carboxylic acids is 2. The Balaban J connectivity index is 2.47. The van der Waals surface area contributed by atoms with Crippen LogP contribution in [0.25, 0.3) is 0 Å². The lowest BCUT2D eigenvalue weighted by Crippen LogP contribution is -2.52. The van der Waals surface area contributed by atoms with E-state index in [2.05, 4.69) is 5.32 Å². The normalized spacial score (nSPS) is 12.3. The van der Waals surface area contributed by atoms with Crippen LogP contribution in [-0.2, 0) is 26.3 Å². The minimum atomic E-state index is -4.21. The van der Waals surface area contributed by atoms with Crippen molar-refractivity contribution in [1.29, 1.82) is 0 Å². The van der Waals surface area contributed by atoms with Crippen molar-refractivity contribution < 1.29 is 22.4 Å². The molecule has 0 aromatic heterocycles. The molecule has 2 aromatic rings. The second kappa shape index (κ2) is 11.9. The first kappa shape index (κ1) is 27.3. The van der Waals surface area contributed by atoms with Gasteiger partial charge in [0.05, 0.1) is 5.69 Å². The number of carbonyl (C=O) groups is 2. The molecule has 8 nitrogen and oxygen atoms in total. The summed E-state index contributed by atoms with van der Waals surface area (Å²) in [5, 5.41) is 2.78. The van der Waals surface area contributed by atoms with Crippen LogP contribution in [0.3, 0.4) is 0 Å². The number of para-hydroxylation sites is 1. The quantitative estimate of drug-likeness (QED) is 0.522. The van der Waals surface area contributed by atoms with Crippen LogP contribution in [0.5, 0.6) is 0 Å². The van der Waals surface area contributed by atoms with E-state index in [0.717, 1.165) is 32.2 Å². The molecule has 1 atom stereocenters. The van der Waals surface area contributed by atoms with Crippen LogP contribution >= 0.6 is 0 Å². The highest BCUT2D eigenvalue weighted by atomic mass is 32.2. The van der Waals surface area contributed by atoms with Crippen LogP contribution in [0, 0.1) is 12.7 Å². The molecule has 1 N–H and O–H groups in total. The van der Waals surface area contributed by atoms with Crippen LogP contribution in [-0.4, -0.2) is 62.7 Å². The zero-order valence-electron chi connectivity index (χ0n) is 20.3. The SMILES string of the molecule is CCCNC(=O)[C@H](C)N(Cc1ccccc1C)C(=O)CN(c1ccccc1F)S(=O)(=O)N(C)C. The zero-order valence-corrected chi connectivity index (χ0v) is 21.1. The van der Waals surface area contributed by atoms with Gasteiger partial charge < -0.3 is 10.2 Å². The summed E-state index contributed by atoms with van der Waals surface area (Å²) in [5.41, 5.74) is 1.50. The van der Waals surface area contributed by atoms with Gasteiger partial charge >= 0.3 is 10.2 Å². The maximum atomic E-state index is 14.6. The van der Waals surface area contributed by atoms with E-state index in [4.69, 9.17) is 0 Å². The van der Waals surface area contributed by atoms with Crippen LogP contribution in [0.15, 0.2) is 48.5 Å². The van der Waals surface area contributed by atoms with Crippen molar-refractivity contribution in [3.8, 4) is 0 Å². The lowest BCUT2D eigenvalue weighted by molar-refractivity contribution is -0.139. The van der Waals surface area contributed by atoms with Gasteiger partial charge in [0.1, 0.15) is 18.4 Å². The fraction of sp³-hybridized carbons (Fsp3) is 0.417. The number of amides is 2. The number of hydrogen-bond donors (Lipinski definition) is 1. The second-order valence-corrected chi connectivity index (χ2v) is 10.2. The zero-order chi connectivity index (χ0) is 25.5. The number of aryl methyl sites for hydroxylation is 1. The fourth-order valence-electron chi connectivity index (χ4n) is 3.31. The van der Waals surface area contributed by atoms with Gasteiger partial charge in [-0.3, -0.25) is 9.59 Å². The molecule has 0 unspecified atom stereocenters. The standard InChI is InChI=1S/C24H33FN4O4S/c1-6-15-26-24(31)19(3)28(16-20-12-8-7-11-18(20)2)23(30)17-29(34(32,33)27(4)5)22-14-10-9-13-21(22)25/h7-14,19H,6,15-17H2,1-5H3,(H,26,31)/t19-/m0/s1. The van der Waals surface area contributed by atoms with Crippen molar-refractivity contribution in [3.63, 3.8) is 0 Å². The Labute approximate surface area is 201 Å². The summed E-state index contributed by atoms with van der Waals surface area (Å²) in [6, 6.07) is 11.9. The Morgan fingerprint density at radius 1 is 1.06 bits per heavy atom. The highest BCUT2D eigenvalue weighted by Crippen LogP contribution is 2.24. The van der Waals surface area contributed by atoms with Crippen LogP contribution < -0.4 is 9.62 Å². The molecule has 34 heavy (non-hydrogen) atoms. The van der Waals surface area contributed by atoms with Gasteiger partial charge in [-0.15, -0.1) is 0 Å². The van der Waals surface area contributed by atoms with Crippen molar-refractivity contribution in [2.45, 2.75) is 39.8 Å². The maximum Gasteiger partial charge on any atom is 0.304 e. The Morgan fingerprint density at radius 2 is 1.68 bits per heavy atom. The van der Waals surface area contributed by atoms with E-state index >= 15 is 0 Å². The first-order valence-electron chi connectivity index (χ1n) is 11.1. The topological polar surface area (TPSA) is 90.0 Å². The Kier molecular flexibility index (Phi) is 9.57. The van der Waals surface area contributed by atoms with Crippen molar-refractivity contribution in [1.82, 2.24) is 14.5 Å². The summed E-state index contributed by atoms with van der Waals surface area (Å²) in [4.78, 5) is 27.6. The molecule has 2 rings (SSSR count). The van der Waals surface area contributed by atoms with E-state index in [1.165, 1.54) is 37.2 Å². The van der Waals surface area contributed by atoms with Gasteiger partial charge in [-0.25, -0.2) is 8.70 Å². The largest absolute Gasteiger partial charge is 0.354 e. The van der Waals surface area contributed by atoms with E-state index in [1.807, 2.05) is 38.1 Å². The predicted octanol–water partition coefficient (Wildman–Crippen LogP) is 2.69. The number of benzene rings is 2. The molecule has 0 saturated carbocycles. The van der Waals surface area contributed by atoms with E-state index in [-0.39, 0.29) is 18.1 Å². The maximum absolute atomic E-state index is 14.6. The first-order chi connectivity index (χ1) is 16.0. The molecule has 186 valence electrons. The highest BCUT2D eigenvalue weighted by Gasteiger charge is 2.33. The number of nitrogens with one attached hydrogen (secondary N) is 1. The number of rotatable bonds is 11. The summed E-state index contributed by atoms with van der Waals surface area (Å²) in [7, 11) is -1.60. The van der Waals surface area contributed by atoms with Gasteiger partial charge in [-0.1, -0.05) is 43.3 Å². The predicted molar refractivity (Wildman–Crippen MR) is 131 cm³/mol. The lowest BCUT2D eigenvalue weighted by Gasteiger charge is -2.33. The number of hydrogen-bond acceptors (Lipinski definition) is 4. The third-order valence-electron chi connectivity index (χ3n) is 5.46. The van der Waals surface area contributed by atoms with E-state index < -0.39 is 34.5 Å². The summed E-state index contributed by atoms with van der Waals surface area (Å²) < 4.78 is 42.3. The molecule has 10 heteroatoms. The van der Waals surface area contributed by atoms with Gasteiger partial charge in [-0.05, 0) is 43.5 Å². The van der Waals surface area contributed by atoms with Crippen LogP contribution in [0.1, 0.15) is 31.4 Å². The average Bonchev–Trinajstić information content (AvgIpc) is 2.80. The molecule has 0 spiro atoms. The summed E-state index contributed by atoms with van der Waals surface area (Å²) >= 11 is 0. The third kappa shape index (κ3) is 6.54. The lowest BCUT2D eigenvalue weighted by atomic mass is 10.1. The first-order valence-corrected chi connectivity index (χ1v) is 12.5. The summed E-state index contributed by atoms with van der Waals surface area (Å²) in [5.74, 6) is -1.76. The van der Waals surface area contributed by atoms with Crippen molar-refractivity contribution >= 4 is 27.7 Å². The van der Waals surface area contributed by atoms with Gasteiger partial charge in [0.2, 0.25) is 11.8 Å². The molecular weight excluding hydrogens is 459 g/mol. The molecular formula is C24H33FN4O4S. The third-order valence-corrected chi connectivity index (χ3v) is 7.26. The van der Waals surface area contributed by atoms with E-state index in [1.54, 1.807) is 6.92 Å². The van der Waals surface area contributed by atoms with Gasteiger partial charge in [0.15, 0.2) is 0 Å².